The summed E-state index contributed by atoms with van der Waals surface area (Å²) < 4.78 is 0. The summed E-state index contributed by atoms with van der Waals surface area (Å²) in [5.74, 6) is 0. The first kappa shape index (κ1) is 8.45. The van der Waals surface area contributed by atoms with Crippen molar-refractivity contribution in [1.82, 2.24) is 0 Å². The third-order valence-corrected chi connectivity index (χ3v) is 1.55. The molecule has 0 bridgehead atoms. The number of fused-ring (bicyclic) bond motifs is 1. The van der Waals surface area contributed by atoms with Crippen LogP contribution in [0.5, 0.6) is 0 Å². The van der Waals surface area contributed by atoms with E-state index in [-0.39, 0.29) is 46.9 Å². The zero-order chi connectivity index (χ0) is 6.10. The van der Waals surface area contributed by atoms with Gasteiger partial charge in [0.2, 0.25) is 0 Å². The van der Waals surface area contributed by atoms with Crippen LogP contribution in [0.3, 0.4) is 0 Å². The molecule has 0 heterocycles. The van der Waals surface area contributed by atoms with E-state index in [2.05, 4.69) is 42.5 Å². The Bertz CT molecular complexity index is 279. The van der Waals surface area contributed by atoms with E-state index in [1.165, 1.54) is 10.8 Å². The first-order valence-corrected chi connectivity index (χ1v) is 3.07. The van der Waals surface area contributed by atoms with E-state index in [9.17, 15) is 0 Å². The third-order valence-electron chi connectivity index (χ3n) is 1.55. The van der Waals surface area contributed by atoms with Gasteiger partial charge in [-0.3, -0.25) is 0 Å². The maximum absolute atomic E-state index is 2.12. The SMILES string of the molecule is [Yb+2].c1ccc2[cH-]ccc2c1. The standard InChI is InChI=1S/C9H7.Yb/c1-2-5-9-7-3-6-8(9)4-1;/h1-7H;/q-1;+2. The van der Waals surface area contributed by atoms with E-state index in [1.807, 2.05) is 0 Å². The Morgan fingerprint density at radius 1 is 1.00 bits per heavy atom. The summed E-state index contributed by atoms with van der Waals surface area (Å²) >= 11 is 0. The van der Waals surface area contributed by atoms with Crippen molar-refractivity contribution in [3.63, 3.8) is 0 Å². The van der Waals surface area contributed by atoms with Crippen LogP contribution in [-0.4, -0.2) is 0 Å². The minimum atomic E-state index is 0. The van der Waals surface area contributed by atoms with Gasteiger partial charge < -0.3 is 0 Å². The van der Waals surface area contributed by atoms with Crippen LogP contribution in [0, 0.1) is 46.9 Å². The van der Waals surface area contributed by atoms with E-state index in [1.54, 1.807) is 0 Å². The molecule has 0 atom stereocenters. The fourth-order valence-corrected chi connectivity index (χ4v) is 1.07. The Morgan fingerprint density at radius 2 is 1.80 bits per heavy atom. The summed E-state index contributed by atoms with van der Waals surface area (Å²) in [5, 5.41) is 2.66. The van der Waals surface area contributed by atoms with Gasteiger partial charge in [-0.1, -0.05) is 6.07 Å². The summed E-state index contributed by atoms with van der Waals surface area (Å²) in [6.07, 6.45) is 0. The Labute approximate surface area is 98.8 Å². The van der Waals surface area contributed by atoms with Crippen molar-refractivity contribution in [1.29, 1.82) is 0 Å². The summed E-state index contributed by atoms with van der Waals surface area (Å²) in [6, 6.07) is 14.7. The van der Waals surface area contributed by atoms with Crippen molar-refractivity contribution >= 4 is 10.8 Å². The molecular weight excluding hydrogens is 281 g/mol. The minimum Gasteiger partial charge on any atom is -0.168 e. The molecule has 2 aromatic rings. The van der Waals surface area contributed by atoms with E-state index in [0.29, 0.717) is 0 Å². The number of benzene rings is 1. The molecule has 2 rings (SSSR count). The van der Waals surface area contributed by atoms with E-state index >= 15 is 0 Å². The van der Waals surface area contributed by atoms with Crippen LogP contribution in [0.15, 0.2) is 42.5 Å². The molecule has 0 unspecified atom stereocenters. The molecule has 0 amide bonds. The molecule has 0 spiro atoms. The van der Waals surface area contributed by atoms with E-state index < -0.39 is 0 Å². The van der Waals surface area contributed by atoms with Crippen LogP contribution in [0.25, 0.3) is 10.8 Å². The van der Waals surface area contributed by atoms with Gasteiger partial charge in [-0.05, 0) is 0 Å². The molecule has 0 aliphatic carbocycles. The maximum atomic E-state index is 2.12. The van der Waals surface area contributed by atoms with Gasteiger partial charge in [-0.2, -0.15) is 17.5 Å². The summed E-state index contributed by atoms with van der Waals surface area (Å²) in [5.41, 5.74) is 0. The molecule has 56 valence electrons. The smallest absolute Gasteiger partial charge is 0.168 e. The molecule has 1 heteroatoms. The van der Waals surface area contributed by atoms with Crippen molar-refractivity contribution in [2.75, 3.05) is 0 Å². The topological polar surface area (TPSA) is 0 Å². The fourth-order valence-electron chi connectivity index (χ4n) is 1.07. The van der Waals surface area contributed by atoms with Crippen molar-refractivity contribution in [3.05, 3.63) is 42.5 Å². The molecule has 10 heavy (non-hydrogen) atoms. The summed E-state index contributed by atoms with van der Waals surface area (Å²) in [7, 11) is 0. The van der Waals surface area contributed by atoms with Crippen molar-refractivity contribution in [3.8, 4) is 0 Å². The molecule has 0 radical (unpaired) electrons. The second-order valence-electron chi connectivity index (χ2n) is 2.15. The average Bonchev–Trinajstić information content (AvgIpc) is 2.33. The third kappa shape index (κ3) is 1.50. The van der Waals surface area contributed by atoms with Crippen LogP contribution in [0.2, 0.25) is 0 Å². The fraction of sp³-hybridized carbons (Fsp3) is 0. The maximum Gasteiger partial charge on any atom is 2.00 e. The largest absolute Gasteiger partial charge is 2.00 e. The van der Waals surface area contributed by atoms with Crippen LogP contribution in [0.4, 0.5) is 0 Å². The molecule has 0 aliphatic heterocycles. The van der Waals surface area contributed by atoms with Gasteiger partial charge in [0.1, 0.15) is 0 Å². The Balaban J connectivity index is 0.000000500. The van der Waals surface area contributed by atoms with Crippen LogP contribution in [-0.2, 0) is 0 Å². The van der Waals surface area contributed by atoms with Gasteiger partial charge in [-0.25, -0.2) is 0 Å². The Hall–Kier alpha value is 0.349. The van der Waals surface area contributed by atoms with Crippen LogP contribution in [0.1, 0.15) is 0 Å². The molecular formula is C9H7Yb+. The molecule has 0 aliphatic rings. The molecule has 2 aromatic carbocycles. The second kappa shape index (κ2) is 3.66. The number of hydrogen-bond acceptors (Lipinski definition) is 0. The molecule has 0 saturated heterocycles. The first-order chi connectivity index (χ1) is 4.47. The van der Waals surface area contributed by atoms with Gasteiger partial charge in [0.15, 0.2) is 0 Å². The molecule has 0 saturated carbocycles. The van der Waals surface area contributed by atoms with Crippen LogP contribution < -0.4 is 0 Å². The van der Waals surface area contributed by atoms with Gasteiger partial charge in [-0.15, -0.1) is 29.7 Å². The normalized spacial score (nSPS) is 9.20. The van der Waals surface area contributed by atoms with Crippen molar-refractivity contribution < 1.29 is 46.9 Å². The molecule has 0 aromatic heterocycles. The average molecular weight is 288 g/mol. The minimum absolute atomic E-state index is 0. The zero-order valence-corrected chi connectivity index (χ0v) is 7.02. The second-order valence-corrected chi connectivity index (χ2v) is 2.15. The van der Waals surface area contributed by atoms with Gasteiger partial charge >= 0.3 is 46.9 Å². The summed E-state index contributed by atoms with van der Waals surface area (Å²) in [6.45, 7) is 0. The Morgan fingerprint density at radius 3 is 2.60 bits per heavy atom. The van der Waals surface area contributed by atoms with Crippen LogP contribution >= 0.6 is 0 Å². The quantitative estimate of drug-likeness (QED) is 0.654. The molecule has 0 fully saturated rings. The Kier molecular flexibility index (Phi) is 3.09. The van der Waals surface area contributed by atoms with Crippen molar-refractivity contribution in [2.24, 2.45) is 0 Å². The number of hydrogen-bond donors (Lipinski definition) is 0. The van der Waals surface area contributed by atoms with Gasteiger partial charge in [0.05, 0.1) is 0 Å². The first-order valence-electron chi connectivity index (χ1n) is 3.07. The monoisotopic (exact) mass is 289 g/mol. The number of rotatable bonds is 0. The predicted octanol–water partition coefficient (Wildman–Crippen LogP) is 2.56. The molecule has 0 nitrogen and oxygen atoms in total. The zero-order valence-electron chi connectivity index (χ0n) is 5.31. The summed E-state index contributed by atoms with van der Waals surface area (Å²) in [4.78, 5) is 0. The van der Waals surface area contributed by atoms with E-state index in [0.717, 1.165) is 0 Å². The van der Waals surface area contributed by atoms with E-state index in [4.69, 9.17) is 0 Å². The van der Waals surface area contributed by atoms with Crippen molar-refractivity contribution in [2.45, 2.75) is 0 Å². The molecule has 0 N–H and O–H groups in total. The van der Waals surface area contributed by atoms with Gasteiger partial charge in [0.25, 0.3) is 0 Å². The van der Waals surface area contributed by atoms with Gasteiger partial charge in [0, 0.05) is 0 Å². The predicted molar refractivity (Wildman–Crippen MR) is 39.5 cm³/mol.